The molecule has 2 aromatic rings. The minimum absolute atomic E-state index is 0.0833. The summed E-state index contributed by atoms with van der Waals surface area (Å²) in [7, 11) is 0. The Morgan fingerprint density at radius 2 is 1.95 bits per heavy atom. The lowest BCUT2D eigenvalue weighted by molar-refractivity contribution is -0.136. The van der Waals surface area contributed by atoms with E-state index in [1.54, 1.807) is 30.3 Å². The van der Waals surface area contributed by atoms with E-state index in [4.69, 9.17) is 15.6 Å². The first kappa shape index (κ1) is 13.5. The molecule has 0 radical (unpaired) electrons. The van der Waals surface area contributed by atoms with Gasteiger partial charge in [0, 0.05) is 12.3 Å². The van der Waals surface area contributed by atoms with Crippen LogP contribution in [0.1, 0.15) is 16.1 Å². The van der Waals surface area contributed by atoms with Gasteiger partial charge < -0.3 is 15.6 Å². The molecule has 1 aromatic heterocycles. The Labute approximate surface area is 114 Å². The molecule has 1 heterocycles. The standard InChI is InChI=1S/C14H12N2O4/c15-14(19)12-8-11(4-5-16-12)20-10-3-1-2-9(6-10)7-13(17)18/h1-6,8H,7H2,(H2,15,19)(H,17,18). The van der Waals surface area contributed by atoms with E-state index in [9.17, 15) is 9.59 Å². The van der Waals surface area contributed by atoms with E-state index >= 15 is 0 Å². The highest BCUT2D eigenvalue weighted by Gasteiger charge is 2.06. The van der Waals surface area contributed by atoms with Crippen molar-refractivity contribution < 1.29 is 19.4 Å². The van der Waals surface area contributed by atoms with Crippen molar-refractivity contribution in [1.82, 2.24) is 4.98 Å². The topological polar surface area (TPSA) is 103 Å². The molecule has 0 saturated heterocycles. The number of benzene rings is 1. The number of carboxylic acid groups (broad SMARTS) is 1. The van der Waals surface area contributed by atoms with Gasteiger partial charge in [-0.05, 0) is 23.8 Å². The zero-order valence-corrected chi connectivity index (χ0v) is 10.4. The molecule has 0 atom stereocenters. The average Bonchev–Trinajstić information content (AvgIpc) is 2.38. The van der Waals surface area contributed by atoms with Crippen molar-refractivity contribution in [1.29, 1.82) is 0 Å². The highest BCUT2D eigenvalue weighted by atomic mass is 16.5. The molecule has 0 spiro atoms. The van der Waals surface area contributed by atoms with Gasteiger partial charge in [0.05, 0.1) is 6.42 Å². The van der Waals surface area contributed by atoms with Crippen molar-refractivity contribution >= 4 is 11.9 Å². The van der Waals surface area contributed by atoms with E-state index in [0.29, 0.717) is 17.1 Å². The van der Waals surface area contributed by atoms with Crippen molar-refractivity contribution in [2.75, 3.05) is 0 Å². The van der Waals surface area contributed by atoms with Gasteiger partial charge in [-0.2, -0.15) is 0 Å². The van der Waals surface area contributed by atoms with Crippen LogP contribution in [0.25, 0.3) is 0 Å². The second-order valence-corrected chi connectivity index (χ2v) is 4.06. The number of primary amides is 1. The average molecular weight is 272 g/mol. The SMILES string of the molecule is NC(=O)c1cc(Oc2cccc(CC(=O)O)c2)ccn1. The number of hydrogen-bond acceptors (Lipinski definition) is 4. The summed E-state index contributed by atoms with van der Waals surface area (Å²) in [6, 6.07) is 9.71. The van der Waals surface area contributed by atoms with Crippen molar-refractivity contribution in [2.45, 2.75) is 6.42 Å². The third kappa shape index (κ3) is 3.55. The lowest BCUT2D eigenvalue weighted by atomic mass is 10.1. The normalized spacial score (nSPS) is 10.0. The molecule has 0 saturated carbocycles. The van der Waals surface area contributed by atoms with Crippen molar-refractivity contribution in [3.8, 4) is 11.5 Å². The fourth-order valence-electron chi connectivity index (χ4n) is 1.64. The van der Waals surface area contributed by atoms with E-state index < -0.39 is 11.9 Å². The number of pyridine rings is 1. The Hall–Kier alpha value is -2.89. The number of carboxylic acids is 1. The van der Waals surface area contributed by atoms with E-state index in [0.717, 1.165) is 0 Å². The molecule has 0 aliphatic heterocycles. The number of ether oxygens (including phenoxy) is 1. The molecule has 2 rings (SSSR count). The molecule has 0 fully saturated rings. The first-order valence-electron chi connectivity index (χ1n) is 5.79. The van der Waals surface area contributed by atoms with Crippen molar-refractivity contribution in [3.63, 3.8) is 0 Å². The maximum atomic E-state index is 11.0. The van der Waals surface area contributed by atoms with Gasteiger partial charge in [0.25, 0.3) is 5.91 Å². The summed E-state index contributed by atoms with van der Waals surface area (Å²) in [5.41, 5.74) is 5.86. The summed E-state index contributed by atoms with van der Waals surface area (Å²) in [5, 5.41) is 8.74. The molecule has 6 nitrogen and oxygen atoms in total. The Kier molecular flexibility index (Phi) is 3.95. The Morgan fingerprint density at radius 1 is 1.20 bits per heavy atom. The molecular weight excluding hydrogens is 260 g/mol. The number of rotatable bonds is 5. The number of carbonyl (C=O) groups excluding carboxylic acids is 1. The minimum atomic E-state index is -0.915. The van der Waals surface area contributed by atoms with Crippen molar-refractivity contribution in [2.24, 2.45) is 5.73 Å². The summed E-state index contributed by atoms with van der Waals surface area (Å²) in [6.45, 7) is 0. The summed E-state index contributed by atoms with van der Waals surface area (Å²) in [4.78, 5) is 25.5. The molecule has 20 heavy (non-hydrogen) atoms. The van der Waals surface area contributed by atoms with Crippen LogP contribution >= 0.6 is 0 Å². The number of nitrogens with zero attached hydrogens (tertiary/aromatic N) is 1. The lowest BCUT2D eigenvalue weighted by Crippen LogP contribution is -2.12. The molecular formula is C14H12N2O4. The van der Waals surface area contributed by atoms with E-state index in [1.165, 1.54) is 12.3 Å². The van der Waals surface area contributed by atoms with Crippen LogP contribution in [-0.2, 0) is 11.2 Å². The highest BCUT2D eigenvalue weighted by molar-refractivity contribution is 5.91. The van der Waals surface area contributed by atoms with Crippen LogP contribution in [-0.4, -0.2) is 22.0 Å². The molecule has 0 aliphatic rings. The minimum Gasteiger partial charge on any atom is -0.481 e. The van der Waals surface area contributed by atoms with Gasteiger partial charge in [-0.3, -0.25) is 14.6 Å². The number of nitrogens with two attached hydrogens (primary N) is 1. The molecule has 6 heteroatoms. The van der Waals surface area contributed by atoms with Gasteiger partial charge in [-0.15, -0.1) is 0 Å². The van der Waals surface area contributed by atoms with Gasteiger partial charge >= 0.3 is 5.97 Å². The Morgan fingerprint density at radius 3 is 2.65 bits per heavy atom. The van der Waals surface area contributed by atoms with E-state index in [1.807, 2.05) is 0 Å². The molecule has 1 amide bonds. The predicted octanol–water partition coefficient (Wildman–Crippen LogP) is 1.60. The maximum absolute atomic E-state index is 11.0. The van der Waals surface area contributed by atoms with Crippen LogP contribution in [0.5, 0.6) is 11.5 Å². The summed E-state index contributed by atoms with van der Waals surface area (Å²) >= 11 is 0. The third-order valence-corrected chi connectivity index (χ3v) is 2.47. The molecule has 3 N–H and O–H groups in total. The van der Waals surface area contributed by atoms with Crippen LogP contribution in [0.4, 0.5) is 0 Å². The van der Waals surface area contributed by atoms with E-state index in [2.05, 4.69) is 4.98 Å². The highest BCUT2D eigenvalue weighted by Crippen LogP contribution is 2.22. The molecule has 0 unspecified atom stereocenters. The molecule has 0 bridgehead atoms. The van der Waals surface area contributed by atoms with Gasteiger partial charge in [0.15, 0.2) is 0 Å². The van der Waals surface area contributed by atoms with Crippen LogP contribution in [0.3, 0.4) is 0 Å². The monoisotopic (exact) mass is 272 g/mol. The second-order valence-electron chi connectivity index (χ2n) is 4.06. The first-order chi connectivity index (χ1) is 9.54. The lowest BCUT2D eigenvalue weighted by Gasteiger charge is -2.07. The van der Waals surface area contributed by atoms with Crippen LogP contribution in [0, 0.1) is 0 Å². The summed E-state index contributed by atoms with van der Waals surface area (Å²) in [5.74, 6) is -0.677. The molecule has 1 aromatic carbocycles. The van der Waals surface area contributed by atoms with Crippen molar-refractivity contribution in [3.05, 3.63) is 53.9 Å². The largest absolute Gasteiger partial charge is 0.481 e. The molecule has 102 valence electrons. The number of carbonyl (C=O) groups is 2. The van der Waals surface area contributed by atoms with Crippen LogP contribution in [0.15, 0.2) is 42.6 Å². The fourth-order valence-corrected chi connectivity index (χ4v) is 1.64. The van der Waals surface area contributed by atoms with E-state index in [-0.39, 0.29) is 12.1 Å². The summed E-state index contributed by atoms with van der Waals surface area (Å²) in [6.07, 6.45) is 1.33. The van der Waals surface area contributed by atoms with Crippen LogP contribution in [0.2, 0.25) is 0 Å². The predicted molar refractivity (Wildman–Crippen MR) is 70.6 cm³/mol. The van der Waals surface area contributed by atoms with Gasteiger partial charge in [-0.25, -0.2) is 0 Å². The van der Waals surface area contributed by atoms with Gasteiger partial charge in [0.1, 0.15) is 17.2 Å². The third-order valence-electron chi connectivity index (χ3n) is 2.47. The summed E-state index contributed by atoms with van der Waals surface area (Å²) < 4.78 is 5.55. The smallest absolute Gasteiger partial charge is 0.307 e. The van der Waals surface area contributed by atoms with Gasteiger partial charge in [-0.1, -0.05) is 12.1 Å². The van der Waals surface area contributed by atoms with Crippen LogP contribution < -0.4 is 10.5 Å². The zero-order chi connectivity index (χ0) is 14.5. The Balaban J connectivity index is 2.19. The second kappa shape index (κ2) is 5.83. The number of aliphatic carboxylic acids is 1. The number of amides is 1. The van der Waals surface area contributed by atoms with Gasteiger partial charge in [0.2, 0.25) is 0 Å². The number of aromatic nitrogens is 1. The quantitative estimate of drug-likeness (QED) is 0.860. The fraction of sp³-hybridized carbons (Fsp3) is 0.0714. The Bertz CT molecular complexity index is 655. The molecule has 0 aliphatic carbocycles. The number of hydrogen-bond donors (Lipinski definition) is 2. The zero-order valence-electron chi connectivity index (χ0n) is 10.4. The first-order valence-corrected chi connectivity index (χ1v) is 5.79. The maximum Gasteiger partial charge on any atom is 0.307 e.